The molecule has 1 saturated heterocycles. The number of rotatable bonds is 4. The van der Waals surface area contributed by atoms with Gasteiger partial charge in [-0.25, -0.2) is 0 Å². The van der Waals surface area contributed by atoms with Crippen molar-refractivity contribution in [3.63, 3.8) is 0 Å². The molecule has 0 bridgehead atoms. The van der Waals surface area contributed by atoms with Gasteiger partial charge in [0.15, 0.2) is 0 Å². The normalized spacial score (nSPS) is 16.2. The minimum Gasteiger partial charge on any atom is -0.340 e. The molecule has 1 fully saturated rings. The van der Waals surface area contributed by atoms with Crippen molar-refractivity contribution in [2.45, 2.75) is 12.5 Å². The van der Waals surface area contributed by atoms with Crippen molar-refractivity contribution >= 4 is 17.5 Å². The summed E-state index contributed by atoms with van der Waals surface area (Å²) < 4.78 is 0. The molecule has 1 amide bonds. The van der Waals surface area contributed by atoms with Crippen LogP contribution in [0.3, 0.4) is 0 Å². The van der Waals surface area contributed by atoms with Crippen LogP contribution in [-0.4, -0.2) is 41.9 Å². The minimum absolute atomic E-state index is 0.136. The van der Waals surface area contributed by atoms with E-state index < -0.39 is 0 Å². The highest BCUT2D eigenvalue weighted by molar-refractivity contribution is 6.31. The highest BCUT2D eigenvalue weighted by atomic mass is 35.5. The number of piperazine rings is 1. The van der Waals surface area contributed by atoms with Crippen LogP contribution in [0.5, 0.6) is 0 Å². The standard InChI is InChI=1S/C20H20ClN3O/c21-18-9-5-4-8-17(18)19(15-22)23-10-12-24(13-11-23)20(25)14-16-6-2-1-3-7-16/h1-9,19H,10-14H2. The van der Waals surface area contributed by atoms with E-state index in [-0.39, 0.29) is 11.9 Å². The summed E-state index contributed by atoms with van der Waals surface area (Å²) in [6.45, 7) is 2.61. The maximum atomic E-state index is 12.5. The molecule has 1 heterocycles. The van der Waals surface area contributed by atoms with Gasteiger partial charge in [-0.1, -0.05) is 60.1 Å². The number of amides is 1. The van der Waals surface area contributed by atoms with Crippen molar-refractivity contribution in [1.29, 1.82) is 5.26 Å². The van der Waals surface area contributed by atoms with Gasteiger partial charge < -0.3 is 4.90 Å². The summed E-state index contributed by atoms with van der Waals surface area (Å²) in [5.41, 5.74) is 1.86. The molecule has 25 heavy (non-hydrogen) atoms. The fourth-order valence-electron chi connectivity index (χ4n) is 3.16. The first-order valence-corrected chi connectivity index (χ1v) is 8.76. The first kappa shape index (κ1) is 17.5. The van der Waals surface area contributed by atoms with Gasteiger partial charge in [-0.3, -0.25) is 9.69 Å². The average Bonchev–Trinajstić information content (AvgIpc) is 2.65. The maximum absolute atomic E-state index is 12.5. The third-order valence-corrected chi connectivity index (χ3v) is 4.90. The van der Waals surface area contributed by atoms with Gasteiger partial charge in [-0.2, -0.15) is 5.26 Å². The number of nitrogens with zero attached hydrogens (tertiary/aromatic N) is 3. The van der Waals surface area contributed by atoms with Gasteiger partial charge >= 0.3 is 0 Å². The van der Waals surface area contributed by atoms with Crippen LogP contribution < -0.4 is 0 Å². The van der Waals surface area contributed by atoms with Crippen molar-refractivity contribution < 1.29 is 4.79 Å². The Hall–Kier alpha value is -2.35. The second-order valence-electron chi connectivity index (χ2n) is 6.13. The zero-order chi connectivity index (χ0) is 17.6. The molecule has 3 rings (SSSR count). The zero-order valence-electron chi connectivity index (χ0n) is 13.9. The summed E-state index contributed by atoms with van der Waals surface area (Å²) in [7, 11) is 0. The zero-order valence-corrected chi connectivity index (χ0v) is 14.7. The Labute approximate surface area is 153 Å². The molecule has 0 radical (unpaired) electrons. The molecule has 4 nitrogen and oxygen atoms in total. The molecule has 1 aliphatic rings. The molecule has 2 aromatic carbocycles. The first-order valence-electron chi connectivity index (χ1n) is 8.39. The number of halogens is 1. The summed E-state index contributed by atoms with van der Waals surface area (Å²) in [6.07, 6.45) is 0.424. The lowest BCUT2D eigenvalue weighted by Gasteiger charge is -2.37. The van der Waals surface area contributed by atoms with Gasteiger partial charge in [-0.05, 0) is 11.6 Å². The van der Waals surface area contributed by atoms with E-state index >= 15 is 0 Å². The Morgan fingerprint density at radius 1 is 1.04 bits per heavy atom. The largest absolute Gasteiger partial charge is 0.340 e. The van der Waals surface area contributed by atoms with Gasteiger partial charge in [-0.15, -0.1) is 0 Å². The summed E-state index contributed by atoms with van der Waals surface area (Å²) in [4.78, 5) is 16.4. The molecule has 0 aromatic heterocycles. The molecule has 1 atom stereocenters. The average molecular weight is 354 g/mol. The van der Waals surface area contributed by atoms with Crippen molar-refractivity contribution in [3.05, 3.63) is 70.7 Å². The Balaban J connectivity index is 1.60. The number of carbonyl (C=O) groups is 1. The van der Waals surface area contributed by atoms with E-state index in [2.05, 4.69) is 11.0 Å². The Morgan fingerprint density at radius 2 is 1.68 bits per heavy atom. The second kappa shape index (κ2) is 8.15. The van der Waals surface area contributed by atoms with Gasteiger partial charge in [0.1, 0.15) is 6.04 Å². The maximum Gasteiger partial charge on any atom is 0.227 e. The molecule has 2 aromatic rings. The summed E-state index contributed by atoms with van der Waals surface area (Å²) in [5.74, 6) is 0.136. The van der Waals surface area contributed by atoms with Gasteiger partial charge in [0, 0.05) is 36.8 Å². The Bertz CT molecular complexity index is 764. The van der Waals surface area contributed by atoms with E-state index in [0.29, 0.717) is 37.6 Å². The number of benzene rings is 2. The van der Waals surface area contributed by atoms with Gasteiger partial charge in [0.05, 0.1) is 12.5 Å². The van der Waals surface area contributed by atoms with E-state index in [9.17, 15) is 10.1 Å². The van der Waals surface area contributed by atoms with Crippen LogP contribution in [0.1, 0.15) is 17.2 Å². The highest BCUT2D eigenvalue weighted by Gasteiger charge is 2.27. The van der Waals surface area contributed by atoms with Crippen LogP contribution in [0.15, 0.2) is 54.6 Å². The third-order valence-electron chi connectivity index (χ3n) is 4.55. The summed E-state index contributed by atoms with van der Waals surface area (Å²) in [5, 5.41) is 10.2. The fourth-order valence-corrected chi connectivity index (χ4v) is 3.40. The van der Waals surface area contributed by atoms with Crippen molar-refractivity contribution in [1.82, 2.24) is 9.80 Å². The van der Waals surface area contributed by atoms with E-state index in [1.54, 1.807) is 6.07 Å². The minimum atomic E-state index is -0.375. The summed E-state index contributed by atoms with van der Waals surface area (Å²) in [6, 6.07) is 19.2. The molecule has 1 unspecified atom stereocenters. The molecule has 128 valence electrons. The van der Waals surface area contributed by atoms with Crippen molar-refractivity contribution in [3.8, 4) is 6.07 Å². The summed E-state index contributed by atoms with van der Waals surface area (Å²) >= 11 is 6.24. The highest BCUT2D eigenvalue weighted by Crippen LogP contribution is 2.27. The third kappa shape index (κ3) is 4.19. The van der Waals surface area contributed by atoms with Crippen LogP contribution in [-0.2, 0) is 11.2 Å². The fraction of sp³-hybridized carbons (Fsp3) is 0.300. The number of nitriles is 1. The lowest BCUT2D eigenvalue weighted by molar-refractivity contribution is -0.132. The molecular formula is C20H20ClN3O. The van der Waals surface area contributed by atoms with E-state index in [1.807, 2.05) is 53.4 Å². The van der Waals surface area contributed by atoms with Crippen LogP contribution in [0.4, 0.5) is 0 Å². The predicted octanol–water partition coefficient (Wildman–Crippen LogP) is 3.29. The molecule has 0 saturated carbocycles. The predicted molar refractivity (Wildman–Crippen MR) is 98.1 cm³/mol. The first-order chi connectivity index (χ1) is 12.2. The second-order valence-corrected chi connectivity index (χ2v) is 6.54. The Morgan fingerprint density at radius 3 is 2.32 bits per heavy atom. The van der Waals surface area contributed by atoms with Crippen LogP contribution in [0, 0.1) is 11.3 Å². The molecular weight excluding hydrogens is 334 g/mol. The van der Waals surface area contributed by atoms with E-state index in [1.165, 1.54) is 0 Å². The van der Waals surface area contributed by atoms with E-state index in [0.717, 1.165) is 11.1 Å². The Kier molecular flexibility index (Phi) is 5.70. The number of hydrogen-bond donors (Lipinski definition) is 0. The molecule has 5 heteroatoms. The lowest BCUT2D eigenvalue weighted by atomic mass is 10.1. The van der Waals surface area contributed by atoms with Crippen molar-refractivity contribution in [2.75, 3.05) is 26.2 Å². The van der Waals surface area contributed by atoms with E-state index in [4.69, 9.17) is 11.6 Å². The van der Waals surface area contributed by atoms with Gasteiger partial charge in [0.25, 0.3) is 0 Å². The SMILES string of the molecule is N#CC(c1ccccc1Cl)N1CCN(C(=O)Cc2ccccc2)CC1. The molecule has 1 aliphatic heterocycles. The molecule has 0 N–H and O–H groups in total. The smallest absolute Gasteiger partial charge is 0.227 e. The van der Waals surface area contributed by atoms with Crippen molar-refractivity contribution in [2.24, 2.45) is 0 Å². The topological polar surface area (TPSA) is 47.3 Å². The monoisotopic (exact) mass is 353 g/mol. The van der Waals surface area contributed by atoms with Gasteiger partial charge in [0.2, 0.25) is 5.91 Å². The lowest BCUT2D eigenvalue weighted by Crippen LogP contribution is -2.49. The molecule has 0 aliphatic carbocycles. The quantitative estimate of drug-likeness (QED) is 0.847. The van der Waals surface area contributed by atoms with Crippen LogP contribution >= 0.6 is 11.6 Å². The van der Waals surface area contributed by atoms with Crippen LogP contribution in [0.2, 0.25) is 5.02 Å². The molecule has 0 spiro atoms. The van der Waals surface area contributed by atoms with Crippen LogP contribution in [0.25, 0.3) is 0 Å². The number of hydrogen-bond acceptors (Lipinski definition) is 3. The number of carbonyl (C=O) groups excluding carboxylic acids is 1.